The Balaban J connectivity index is 1.28. The number of carbonyl (C=O) groups excluding carboxylic acids is 2. The number of alkyl halides is 4. The van der Waals surface area contributed by atoms with Crippen LogP contribution in [0.1, 0.15) is 54.4 Å². The number of halogens is 4. The number of rotatable bonds is 8. The second kappa shape index (κ2) is 12.8. The first-order valence-electron chi connectivity index (χ1n) is 14.6. The Bertz CT molecular complexity index is 1210. The van der Waals surface area contributed by atoms with E-state index < -0.39 is 13.0 Å². The van der Waals surface area contributed by atoms with E-state index in [9.17, 15) is 27.2 Å². The van der Waals surface area contributed by atoms with Gasteiger partial charge in [0.2, 0.25) is 5.91 Å². The highest BCUT2D eigenvalue weighted by Gasteiger charge is 2.38. The van der Waals surface area contributed by atoms with Crippen LogP contribution in [-0.2, 0) is 11.2 Å². The molecule has 0 aromatic heterocycles. The Kier molecular flexibility index (Phi) is 9.16. The van der Waals surface area contributed by atoms with Gasteiger partial charge in [-0.1, -0.05) is 43.5 Å². The lowest BCUT2D eigenvalue weighted by atomic mass is 9.93. The maximum atomic E-state index is 13.4. The minimum atomic E-state index is -4.87. The largest absolute Gasteiger partial charge is 0.573 e. The highest BCUT2D eigenvalue weighted by molar-refractivity contribution is 5.94. The first-order chi connectivity index (χ1) is 19.7. The van der Waals surface area contributed by atoms with Crippen LogP contribution in [0.5, 0.6) is 5.75 Å². The van der Waals surface area contributed by atoms with Crippen LogP contribution < -0.4 is 4.74 Å². The summed E-state index contributed by atoms with van der Waals surface area (Å²) in [6, 6.07) is 11.7. The molecule has 0 N–H and O–H groups in total. The van der Waals surface area contributed by atoms with Crippen LogP contribution in [-0.4, -0.2) is 84.9 Å². The van der Waals surface area contributed by atoms with Crippen molar-refractivity contribution in [1.82, 2.24) is 14.7 Å². The van der Waals surface area contributed by atoms with E-state index >= 15 is 0 Å². The van der Waals surface area contributed by atoms with E-state index in [1.165, 1.54) is 12.5 Å². The van der Waals surface area contributed by atoms with E-state index in [0.717, 1.165) is 25.7 Å². The van der Waals surface area contributed by atoms with Crippen LogP contribution in [0.4, 0.5) is 17.6 Å². The summed E-state index contributed by atoms with van der Waals surface area (Å²) in [6.45, 7) is 2.87. The second-order valence-corrected chi connectivity index (χ2v) is 11.3. The molecule has 1 unspecified atom stereocenters. The van der Waals surface area contributed by atoms with Gasteiger partial charge >= 0.3 is 6.36 Å². The molecule has 2 saturated heterocycles. The lowest BCUT2D eigenvalue weighted by Gasteiger charge is -2.34. The van der Waals surface area contributed by atoms with Crippen molar-refractivity contribution in [2.24, 2.45) is 5.92 Å². The summed E-state index contributed by atoms with van der Waals surface area (Å²) < 4.78 is 57.2. The Labute approximate surface area is 238 Å². The number of likely N-dealkylation sites (tertiary alicyclic amines) is 1. The molecule has 222 valence electrons. The molecule has 0 spiro atoms. The van der Waals surface area contributed by atoms with Gasteiger partial charge in [-0.3, -0.25) is 14.5 Å². The summed E-state index contributed by atoms with van der Waals surface area (Å²) in [5, 5.41) is 0. The number of hydrogen-bond donors (Lipinski definition) is 0. The van der Waals surface area contributed by atoms with Crippen molar-refractivity contribution < 1.29 is 31.9 Å². The van der Waals surface area contributed by atoms with Crippen LogP contribution in [0.15, 0.2) is 42.5 Å². The van der Waals surface area contributed by atoms with E-state index in [-0.39, 0.29) is 35.9 Å². The molecule has 6 nitrogen and oxygen atoms in total. The van der Waals surface area contributed by atoms with Crippen molar-refractivity contribution >= 4 is 11.8 Å². The fourth-order valence-electron chi connectivity index (χ4n) is 6.38. The molecule has 1 saturated carbocycles. The van der Waals surface area contributed by atoms with Gasteiger partial charge in [-0.25, -0.2) is 4.39 Å². The molecule has 5 rings (SSSR count). The van der Waals surface area contributed by atoms with Crippen LogP contribution in [0.2, 0.25) is 0 Å². The highest BCUT2D eigenvalue weighted by atomic mass is 19.4. The normalized spacial score (nSPS) is 21.0. The molecule has 2 aromatic carbocycles. The van der Waals surface area contributed by atoms with Crippen molar-refractivity contribution in [3.8, 4) is 16.9 Å². The van der Waals surface area contributed by atoms with E-state index in [1.54, 1.807) is 41.3 Å². The molecule has 0 bridgehead atoms. The zero-order chi connectivity index (χ0) is 29.0. The summed E-state index contributed by atoms with van der Waals surface area (Å²) >= 11 is 0. The Morgan fingerprint density at radius 3 is 2.22 bits per heavy atom. The number of nitrogens with zero attached hydrogens (tertiary/aromatic N) is 3. The zero-order valence-electron chi connectivity index (χ0n) is 23.2. The third-order valence-corrected chi connectivity index (χ3v) is 8.65. The number of amides is 2. The van der Waals surface area contributed by atoms with Gasteiger partial charge in [0.05, 0.1) is 0 Å². The lowest BCUT2D eigenvalue weighted by molar-refractivity contribution is -0.274. The summed E-state index contributed by atoms with van der Waals surface area (Å²) in [7, 11) is 0. The van der Waals surface area contributed by atoms with Crippen LogP contribution in [0.3, 0.4) is 0 Å². The van der Waals surface area contributed by atoms with Crippen molar-refractivity contribution in [2.75, 3.05) is 45.9 Å². The van der Waals surface area contributed by atoms with Gasteiger partial charge < -0.3 is 14.5 Å². The molecule has 2 aromatic rings. The van der Waals surface area contributed by atoms with Gasteiger partial charge in [0, 0.05) is 56.8 Å². The van der Waals surface area contributed by atoms with Gasteiger partial charge in [-0.05, 0) is 60.6 Å². The first kappa shape index (κ1) is 29.4. The lowest BCUT2D eigenvalue weighted by Crippen LogP contribution is -2.49. The van der Waals surface area contributed by atoms with Crippen LogP contribution in [0.25, 0.3) is 11.1 Å². The summed E-state index contributed by atoms with van der Waals surface area (Å²) in [5.41, 5.74) is 2.01. The number of benzene rings is 2. The molecule has 10 heteroatoms. The molecule has 3 fully saturated rings. The second-order valence-electron chi connectivity index (χ2n) is 11.3. The van der Waals surface area contributed by atoms with Gasteiger partial charge in [0.25, 0.3) is 5.91 Å². The zero-order valence-corrected chi connectivity index (χ0v) is 23.2. The molecular formula is C31H37F4N3O3. The van der Waals surface area contributed by atoms with E-state index in [1.807, 2.05) is 9.80 Å². The molecule has 41 heavy (non-hydrogen) atoms. The van der Waals surface area contributed by atoms with Crippen molar-refractivity contribution in [3.63, 3.8) is 0 Å². The van der Waals surface area contributed by atoms with Gasteiger partial charge in [0.1, 0.15) is 12.4 Å². The average Bonchev–Trinajstić information content (AvgIpc) is 3.33. The third kappa shape index (κ3) is 7.20. The van der Waals surface area contributed by atoms with E-state index in [0.29, 0.717) is 67.9 Å². The molecule has 1 aliphatic carbocycles. The maximum Gasteiger partial charge on any atom is 0.573 e. The van der Waals surface area contributed by atoms with Crippen molar-refractivity contribution in [3.05, 3.63) is 53.6 Å². The number of piperazine rings is 1. The summed E-state index contributed by atoms with van der Waals surface area (Å²) in [6.07, 6.45) is 1.35. The Morgan fingerprint density at radius 2 is 1.56 bits per heavy atom. The monoisotopic (exact) mass is 575 g/mol. The van der Waals surface area contributed by atoms with Crippen LogP contribution in [0, 0.1) is 5.92 Å². The van der Waals surface area contributed by atoms with Gasteiger partial charge in [0.15, 0.2) is 0 Å². The third-order valence-electron chi connectivity index (χ3n) is 8.65. The predicted octanol–water partition coefficient (Wildman–Crippen LogP) is 5.70. The Morgan fingerprint density at radius 1 is 0.878 bits per heavy atom. The minimum Gasteiger partial charge on any atom is -0.405 e. The number of hydrogen-bond acceptors (Lipinski definition) is 4. The first-order valence-corrected chi connectivity index (χ1v) is 14.6. The average molecular weight is 576 g/mol. The quantitative estimate of drug-likeness (QED) is 0.379. The Hall–Kier alpha value is -3.14. The van der Waals surface area contributed by atoms with Gasteiger partial charge in [-0.2, -0.15) is 0 Å². The molecule has 0 radical (unpaired) electrons. The molecular weight excluding hydrogens is 538 g/mol. The number of ether oxygens (including phenoxy) is 1. The summed E-state index contributed by atoms with van der Waals surface area (Å²) in [5.74, 6) is -0.757. The smallest absolute Gasteiger partial charge is 0.405 e. The molecule has 2 heterocycles. The SMILES string of the molecule is O=C(c1ccc(-c2ccc(CC3CCN(C4CCCCC4)C3=O)c(OC(F)(F)F)c2)cc1)N1CCN(CCF)CC1. The van der Waals surface area contributed by atoms with Crippen molar-refractivity contribution in [2.45, 2.75) is 57.3 Å². The molecule has 2 amide bonds. The number of carbonyl (C=O) groups is 2. The maximum absolute atomic E-state index is 13.4. The van der Waals surface area contributed by atoms with E-state index in [4.69, 9.17) is 0 Å². The fourth-order valence-corrected chi connectivity index (χ4v) is 6.38. The standard InChI is InChI=1S/C31H37F4N3O3/c32-13-15-36-16-18-37(19-17-36)29(39)23-8-6-22(7-9-23)24-10-11-25(28(21-24)41-31(33,34)35)20-26-12-14-38(30(26)40)27-4-2-1-3-5-27/h6-11,21,26-27H,1-5,12-20H2. The predicted molar refractivity (Wildman–Crippen MR) is 147 cm³/mol. The van der Waals surface area contributed by atoms with Crippen LogP contribution >= 0.6 is 0 Å². The minimum absolute atomic E-state index is 0.0306. The van der Waals surface area contributed by atoms with Crippen molar-refractivity contribution in [1.29, 1.82) is 0 Å². The highest BCUT2D eigenvalue weighted by Crippen LogP contribution is 2.36. The fraction of sp³-hybridized carbons (Fsp3) is 0.548. The molecule has 2 aliphatic heterocycles. The summed E-state index contributed by atoms with van der Waals surface area (Å²) in [4.78, 5) is 31.7. The molecule has 3 aliphatic rings. The van der Waals surface area contributed by atoms with Gasteiger partial charge in [-0.15, -0.1) is 13.2 Å². The molecule has 1 atom stereocenters. The topological polar surface area (TPSA) is 53.1 Å². The van der Waals surface area contributed by atoms with E-state index in [2.05, 4.69) is 4.74 Å².